The van der Waals surface area contributed by atoms with Gasteiger partial charge in [-0.2, -0.15) is 4.98 Å². The summed E-state index contributed by atoms with van der Waals surface area (Å²) in [6, 6.07) is 9.95. The fraction of sp³-hybridized carbons (Fsp3) is 0.176. The monoisotopic (exact) mass is 319 g/mol. The van der Waals surface area contributed by atoms with E-state index in [-0.39, 0.29) is 0 Å². The summed E-state index contributed by atoms with van der Waals surface area (Å²) in [5.41, 5.74) is 3.33. The molecule has 0 aliphatic rings. The number of hydrogen-bond acceptors (Lipinski definition) is 6. The zero-order valence-electron chi connectivity index (χ0n) is 13.2. The van der Waals surface area contributed by atoms with Crippen LogP contribution in [-0.4, -0.2) is 31.5 Å². The molecule has 0 radical (unpaired) electrons. The van der Waals surface area contributed by atoms with Crippen LogP contribution in [0.4, 0.5) is 17.5 Å². The molecule has 120 valence electrons. The Hall–Kier alpha value is -3.22. The van der Waals surface area contributed by atoms with Crippen LogP contribution in [0.25, 0.3) is 22.1 Å². The highest BCUT2D eigenvalue weighted by atomic mass is 15.2. The number of fused-ring (bicyclic) bond motifs is 2. The highest BCUT2D eigenvalue weighted by Crippen LogP contribution is 2.23. The second-order valence-corrected chi connectivity index (χ2v) is 5.47. The molecule has 0 aliphatic heterocycles. The van der Waals surface area contributed by atoms with E-state index >= 15 is 0 Å². The Morgan fingerprint density at radius 1 is 1.12 bits per heavy atom. The molecule has 0 saturated heterocycles. The van der Waals surface area contributed by atoms with E-state index in [9.17, 15) is 0 Å². The van der Waals surface area contributed by atoms with Crippen molar-refractivity contribution in [3.05, 3.63) is 42.9 Å². The van der Waals surface area contributed by atoms with E-state index in [0.29, 0.717) is 11.6 Å². The molecule has 0 bridgehead atoms. The van der Waals surface area contributed by atoms with Crippen LogP contribution < -0.4 is 10.6 Å². The molecule has 4 aromatic rings. The number of nitrogens with zero attached hydrogens (tertiary/aromatic N) is 4. The lowest BCUT2D eigenvalue weighted by Crippen LogP contribution is -2.02. The molecule has 3 N–H and O–H groups in total. The molecular weight excluding hydrogens is 302 g/mol. The Morgan fingerprint density at radius 3 is 3.00 bits per heavy atom. The van der Waals surface area contributed by atoms with Crippen LogP contribution >= 0.6 is 0 Å². The summed E-state index contributed by atoms with van der Waals surface area (Å²) in [7, 11) is 0. The Bertz CT molecular complexity index is 992. The summed E-state index contributed by atoms with van der Waals surface area (Å²) in [4.78, 5) is 20.5. The van der Waals surface area contributed by atoms with Crippen molar-refractivity contribution in [2.45, 2.75) is 13.3 Å². The van der Waals surface area contributed by atoms with E-state index < -0.39 is 0 Å². The second-order valence-electron chi connectivity index (χ2n) is 5.47. The molecule has 0 fully saturated rings. The molecule has 0 spiro atoms. The number of aromatic amines is 1. The molecular formula is C17H17N7. The van der Waals surface area contributed by atoms with Gasteiger partial charge in [0.25, 0.3) is 0 Å². The van der Waals surface area contributed by atoms with Gasteiger partial charge in [0.2, 0.25) is 5.95 Å². The summed E-state index contributed by atoms with van der Waals surface area (Å²) < 4.78 is 0. The standard InChI is InChI=1S/C17H17N7/c1-2-7-19-15-14-16(21-10-20-15)24-17(23-14)22-12-5-6-13-11(9-12)4-3-8-18-13/h3-6,8-10H,2,7H2,1H3,(H3,19,20,21,22,23,24). The molecule has 7 heteroatoms. The lowest BCUT2D eigenvalue weighted by molar-refractivity contribution is 0.968. The van der Waals surface area contributed by atoms with Crippen LogP contribution in [0.3, 0.4) is 0 Å². The van der Waals surface area contributed by atoms with Crippen LogP contribution in [0.1, 0.15) is 13.3 Å². The minimum Gasteiger partial charge on any atom is -0.368 e. The number of nitrogens with one attached hydrogen (secondary N) is 3. The van der Waals surface area contributed by atoms with E-state index in [0.717, 1.165) is 40.9 Å². The van der Waals surface area contributed by atoms with E-state index in [1.54, 1.807) is 6.20 Å². The number of imidazole rings is 1. The third kappa shape index (κ3) is 2.71. The summed E-state index contributed by atoms with van der Waals surface area (Å²) in [6.07, 6.45) is 4.33. The van der Waals surface area contributed by atoms with Crippen molar-refractivity contribution in [2.24, 2.45) is 0 Å². The third-order valence-corrected chi connectivity index (χ3v) is 3.70. The van der Waals surface area contributed by atoms with Gasteiger partial charge in [0.1, 0.15) is 11.8 Å². The average Bonchev–Trinajstić information content (AvgIpc) is 3.02. The number of H-pyrrole nitrogens is 1. The van der Waals surface area contributed by atoms with Crippen LogP contribution in [0.15, 0.2) is 42.9 Å². The quantitative estimate of drug-likeness (QED) is 0.522. The molecule has 3 aromatic heterocycles. The predicted molar refractivity (Wildman–Crippen MR) is 95.5 cm³/mol. The highest BCUT2D eigenvalue weighted by molar-refractivity contribution is 5.86. The Balaban J connectivity index is 1.65. The molecule has 3 heterocycles. The van der Waals surface area contributed by atoms with Crippen LogP contribution in [-0.2, 0) is 0 Å². The second kappa shape index (κ2) is 6.11. The van der Waals surface area contributed by atoms with Crippen molar-refractivity contribution in [1.82, 2.24) is 24.9 Å². The minimum absolute atomic E-state index is 0.633. The van der Waals surface area contributed by atoms with Gasteiger partial charge in [-0.3, -0.25) is 4.98 Å². The summed E-state index contributed by atoms with van der Waals surface area (Å²) in [6.45, 7) is 2.96. The van der Waals surface area contributed by atoms with Crippen molar-refractivity contribution in [1.29, 1.82) is 0 Å². The lowest BCUT2D eigenvalue weighted by Gasteiger charge is -2.04. The first-order chi connectivity index (χ1) is 11.8. The zero-order valence-corrected chi connectivity index (χ0v) is 13.2. The van der Waals surface area contributed by atoms with E-state index in [1.165, 1.54) is 6.33 Å². The number of benzene rings is 1. The number of aromatic nitrogens is 5. The average molecular weight is 319 g/mol. The predicted octanol–water partition coefficient (Wildman–Crippen LogP) is 3.47. The van der Waals surface area contributed by atoms with Gasteiger partial charge in [-0.1, -0.05) is 13.0 Å². The molecule has 24 heavy (non-hydrogen) atoms. The Kier molecular flexibility index (Phi) is 3.66. The van der Waals surface area contributed by atoms with Gasteiger partial charge in [0.05, 0.1) is 5.52 Å². The van der Waals surface area contributed by atoms with Crippen molar-refractivity contribution >= 4 is 39.5 Å². The molecule has 0 amide bonds. The third-order valence-electron chi connectivity index (χ3n) is 3.70. The Morgan fingerprint density at radius 2 is 2.08 bits per heavy atom. The fourth-order valence-corrected chi connectivity index (χ4v) is 2.56. The normalized spacial score (nSPS) is 11.0. The van der Waals surface area contributed by atoms with E-state index in [4.69, 9.17) is 0 Å². The molecule has 0 atom stereocenters. The molecule has 0 unspecified atom stereocenters. The van der Waals surface area contributed by atoms with Gasteiger partial charge in [-0.15, -0.1) is 0 Å². The van der Waals surface area contributed by atoms with Crippen molar-refractivity contribution in [3.63, 3.8) is 0 Å². The first-order valence-corrected chi connectivity index (χ1v) is 7.90. The lowest BCUT2D eigenvalue weighted by atomic mass is 10.2. The number of pyridine rings is 1. The van der Waals surface area contributed by atoms with E-state index in [2.05, 4.69) is 42.5 Å². The maximum Gasteiger partial charge on any atom is 0.207 e. The van der Waals surface area contributed by atoms with Gasteiger partial charge >= 0.3 is 0 Å². The molecule has 4 rings (SSSR count). The number of hydrogen-bond donors (Lipinski definition) is 3. The number of anilines is 3. The number of rotatable bonds is 5. The minimum atomic E-state index is 0.633. The molecule has 7 nitrogen and oxygen atoms in total. The zero-order chi connectivity index (χ0) is 16.4. The highest BCUT2D eigenvalue weighted by Gasteiger charge is 2.09. The molecule has 0 saturated carbocycles. The van der Waals surface area contributed by atoms with Gasteiger partial charge < -0.3 is 15.6 Å². The molecule has 1 aromatic carbocycles. The fourth-order valence-electron chi connectivity index (χ4n) is 2.56. The summed E-state index contributed by atoms with van der Waals surface area (Å²) in [5.74, 6) is 1.40. The smallest absolute Gasteiger partial charge is 0.207 e. The summed E-state index contributed by atoms with van der Waals surface area (Å²) >= 11 is 0. The largest absolute Gasteiger partial charge is 0.368 e. The van der Waals surface area contributed by atoms with Crippen LogP contribution in [0.5, 0.6) is 0 Å². The SMILES string of the molecule is CCCNc1ncnc2nc(Nc3ccc4ncccc4c3)[nH]c12. The van der Waals surface area contributed by atoms with Crippen LogP contribution in [0.2, 0.25) is 0 Å². The van der Waals surface area contributed by atoms with Gasteiger partial charge in [0, 0.05) is 23.8 Å². The van der Waals surface area contributed by atoms with Gasteiger partial charge in [0.15, 0.2) is 11.5 Å². The first-order valence-electron chi connectivity index (χ1n) is 7.90. The van der Waals surface area contributed by atoms with Crippen molar-refractivity contribution in [2.75, 3.05) is 17.2 Å². The topological polar surface area (TPSA) is 91.4 Å². The van der Waals surface area contributed by atoms with Gasteiger partial charge in [-0.25, -0.2) is 9.97 Å². The van der Waals surface area contributed by atoms with Crippen molar-refractivity contribution in [3.8, 4) is 0 Å². The maximum atomic E-state index is 4.48. The maximum absolute atomic E-state index is 4.48. The first kappa shape index (κ1) is 14.4. The summed E-state index contributed by atoms with van der Waals surface area (Å²) in [5, 5.41) is 7.63. The van der Waals surface area contributed by atoms with Crippen LogP contribution in [0, 0.1) is 0 Å². The van der Waals surface area contributed by atoms with E-state index in [1.807, 2.05) is 30.3 Å². The van der Waals surface area contributed by atoms with Gasteiger partial charge in [-0.05, 0) is 30.7 Å². The Labute approximate surface area is 138 Å². The van der Waals surface area contributed by atoms with Crippen molar-refractivity contribution < 1.29 is 0 Å². The molecule has 0 aliphatic carbocycles.